The van der Waals surface area contributed by atoms with Gasteiger partial charge >= 0.3 is 0 Å². The normalized spacial score (nSPS) is 24.0. The Labute approximate surface area is 129 Å². The first-order valence-corrected chi connectivity index (χ1v) is 7.99. The first kappa shape index (κ1) is 13.8. The number of nitrogens with zero attached hydrogens (tertiary/aromatic N) is 1. The van der Waals surface area contributed by atoms with Crippen LogP contribution in [-0.2, 0) is 12.8 Å². The SMILES string of the molecule is Fc1ccc2c(c1)[C@@H](N[C@@H]1CCc3[nH]ncc3C1)CCCO2. The molecule has 22 heavy (non-hydrogen) atoms. The molecule has 1 aromatic heterocycles. The molecule has 0 radical (unpaired) electrons. The molecule has 2 atom stereocenters. The lowest BCUT2D eigenvalue weighted by molar-refractivity contribution is 0.313. The zero-order valence-corrected chi connectivity index (χ0v) is 12.4. The van der Waals surface area contributed by atoms with Crippen LogP contribution in [0.3, 0.4) is 0 Å². The molecule has 1 aliphatic heterocycles. The van der Waals surface area contributed by atoms with Gasteiger partial charge in [0.05, 0.1) is 12.8 Å². The molecule has 1 aromatic carbocycles. The Morgan fingerprint density at radius 2 is 2.27 bits per heavy atom. The fourth-order valence-corrected chi connectivity index (χ4v) is 3.56. The summed E-state index contributed by atoms with van der Waals surface area (Å²) in [4.78, 5) is 0. The summed E-state index contributed by atoms with van der Waals surface area (Å²) in [7, 11) is 0. The highest BCUT2D eigenvalue weighted by atomic mass is 19.1. The number of benzene rings is 1. The van der Waals surface area contributed by atoms with Crippen LogP contribution in [0.2, 0.25) is 0 Å². The van der Waals surface area contributed by atoms with Crippen LogP contribution in [0, 0.1) is 5.82 Å². The van der Waals surface area contributed by atoms with E-state index in [0.717, 1.165) is 43.4 Å². The number of H-pyrrole nitrogens is 1. The van der Waals surface area contributed by atoms with Crippen LogP contribution >= 0.6 is 0 Å². The molecule has 5 heteroatoms. The van der Waals surface area contributed by atoms with Gasteiger partial charge in [-0.25, -0.2) is 4.39 Å². The predicted octanol–water partition coefficient (Wildman–Crippen LogP) is 2.91. The molecule has 0 saturated carbocycles. The van der Waals surface area contributed by atoms with E-state index in [1.807, 2.05) is 6.20 Å². The lowest BCUT2D eigenvalue weighted by atomic mass is 9.91. The van der Waals surface area contributed by atoms with Gasteiger partial charge in [0.2, 0.25) is 0 Å². The average Bonchev–Trinajstić information content (AvgIpc) is 2.90. The molecular formula is C17H20FN3O. The Morgan fingerprint density at radius 1 is 1.32 bits per heavy atom. The Bertz CT molecular complexity index is 670. The smallest absolute Gasteiger partial charge is 0.124 e. The van der Waals surface area contributed by atoms with E-state index in [0.29, 0.717) is 12.6 Å². The van der Waals surface area contributed by atoms with E-state index < -0.39 is 0 Å². The summed E-state index contributed by atoms with van der Waals surface area (Å²) in [6.07, 6.45) is 6.97. The standard InChI is InChI=1S/C17H20FN3O/c18-12-3-6-17-14(9-12)16(2-1-7-22-17)20-13-4-5-15-11(8-13)10-19-21-15/h3,6,9-10,13,16,20H,1-2,4-5,7-8H2,(H,19,21)/t13-,16+/m1/s1. The van der Waals surface area contributed by atoms with Gasteiger partial charge in [-0.05, 0) is 55.9 Å². The van der Waals surface area contributed by atoms with Crippen LogP contribution in [-0.4, -0.2) is 22.8 Å². The third-order valence-electron chi connectivity index (χ3n) is 4.70. The zero-order valence-electron chi connectivity index (χ0n) is 12.4. The van der Waals surface area contributed by atoms with Gasteiger partial charge in [0.15, 0.2) is 0 Å². The van der Waals surface area contributed by atoms with Crippen LogP contribution in [0.25, 0.3) is 0 Å². The molecule has 0 fully saturated rings. The maximum atomic E-state index is 13.6. The number of aryl methyl sites for hydroxylation is 1. The van der Waals surface area contributed by atoms with Crippen LogP contribution in [0.15, 0.2) is 24.4 Å². The summed E-state index contributed by atoms with van der Waals surface area (Å²) in [5.41, 5.74) is 3.51. The monoisotopic (exact) mass is 301 g/mol. The van der Waals surface area contributed by atoms with Gasteiger partial charge in [0.1, 0.15) is 11.6 Å². The van der Waals surface area contributed by atoms with Crippen LogP contribution in [0.4, 0.5) is 4.39 Å². The fraction of sp³-hybridized carbons (Fsp3) is 0.471. The molecule has 116 valence electrons. The largest absolute Gasteiger partial charge is 0.493 e. The molecule has 0 saturated heterocycles. The number of aromatic nitrogens is 2. The highest BCUT2D eigenvalue weighted by Gasteiger charge is 2.26. The fourth-order valence-electron chi connectivity index (χ4n) is 3.56. The van der Waals surface area contributed by atoms with E-state index in [4.69, 9.17) is 4.74 Å². The highest BCUT2D eigenvalue weighted by Crippen LogP contribution is 2.33. The summed E-state index contributed by atoms with van der Waals surface area (Å²) in [5.74, 6) is 0.619. The van der Waals surface area contributed by atoms with Crippen molar-refractivity contribution in [3.8, 4) is 5.75 Å². The summed E-state index contributed by atoms with van der Waals surface area (Å²) < 4.78 is 19.4. The van der Waals surface area contributed by atoms with Crippen molar-refractivity contribution in [3.63, 3.8) is 0 Å². The minimum atomic E-state index is -0.197. The topological polar surface area (TPSA) is 49.9 Å². The number of ether oxygens (including phenoxy) is 1. The van der Waals surface area contributed by atoms with Gasteiger partial charge in [-0.2, -0.15) is 5.10 Å². The Hall–Kier alpha value is -1.88. The quantitative estimate of drug-likeness (QED) is 0.896. The number of fused-ring (bicyclic) bond motifs is 2. The summed E-state index contributed by atoms with van der Waals surface area (Å²) in [5, 5.41) is 10.9. The van der Waals surface area contributed by atoms with E-state index in [9.17, 15) is 4.39 Å². The third-order valence-corrected chi connectivity index (χ3v) is 4.70. The maximum absolute atomic E-state index is 13.6. The van der Waals surface area contributed by atoms with Gasteiger partial charge in [0, 0.05) is 23.3 Å². The summed E-state index contributed by atoms with van der Waals surface area (Å²) >= 11 is 0. The van der Waals surface area contributed by atoms with Gasteiger partial charge in [-0.15, -0.1) is 0 Å². The second-order valence-electron chi connectivity index (χ2n) is 6.21. The van der Waals surface area contributed by atoms with Crippen molar-refractivity contribution in [3.05, 3.63) is 47.0 Å². The molecule has 2 heterocycles. The van der Waals surface area contributed by atoms with Crippen molar-refractivity contribution in [1.29, 1.82) is 0 Å². The number of halogens is 1. The van der Waals surface area contributed by atoms with Crippen LogP contribution in [0.5, 0.6) is 5.75 Å². The molecule has 1 aliphatic carbocycles. The van der Waals surface area contributed by atoms with Crippen molar-refractivity contribution in [2.45, 2.75) is 44.2 Å². The van der Waals surface area contributed by atoms with Gasteiger partial charge in [-0.3, -0.25) is 5.10 Å². The summed E-state index contributed by atoms with van der Waals surface area (Å²) in [6.45, 7) is 0.702. The van der Waals surface area contributed by atoms with E-state index in [2.05, 4.69) is 15.5 Å². The van der Waals surface area contributed by atoms with Crippen LogP contribution in [0.1, 0.15) is 42.1 Å². The third kappa shape index (κ3) is 2.61. The molecule has 4 nitrogen and oxygen atoms in total. The summed E-state index contributed by atoms with van der Waals surface area (Å²) in [6, 6.07) is 5.40. The minimum Gasteiger partial charge on any atom is -0.493 e. The second kappa shape index (κ2) is 5.72. The first-order chi connectivity index (χ1) is 10.8. The molecule has 0 amide bonds. The van der Waals surface area contributed by atoms with E-state index in [1.165, 1.54) is 17.3 Å². The molecule has 0 unspecified atom stereocenters. The lowest BCUT2D eigenvalue weighted by Crippen LogP contribution is -2.37. The zero-order chi connectivity index (χ0) is 14.9. The van der Waals surface area contributed by atoms with Crippen molar-refractivity contribution >= 4 is 0 Å². The van der Waals surface area contributed by atoms with Gasteiger partial charge < -0.3 is 10.1 Å². The van der Waals surface area contributed by atoms with E-state index >= 15 is 0 Å². The van der Waals surface area contributed by atoms with E-state index in [1.54, 1.807) is 12.1 Å². The second-order valence-corrected chi connectivity index (χ2v) is 6.21. The minimum absolute atomic E-state index is 0.159. The Morgan fingerprint density at radius 3 is 3.23 bits per heavy atom. The molecule has 2 aliphatic rings. The predicted molar refractivity (Wildman–Crippen MR) is 81.4 cm³/mol. The molecule has 2 aromatic rings. The highest BCUT2D eigenvalue weighted by molar-refractivity contribution is 5.37. The number of hydrogen-bond donors (Lipinski definition) is 2. The van der Waals surface area contributed by atoms with Crippen molar-refractivity contribution in [1.82, 2.24) is 15.5 Å². The Kier molecular flexibility index (Phi) is 3.58. The number of nitrogens with one attached hydrogen (secondary N) is 2. The molecular weight excluding hydrogens is 281 g/mol. The van der Waals surface area contributed by atoms with Gasteiger partial charge in [-0.1, -0.05) is 0 Å². The van der Waals surface area contributed by atoms with Crippen molar-refractivity contribution in [2.24, 2.45) is 0 Å². The van der Waals surface area contributed by atoms with E-state index in [-0.39, 0.29) is 11.9 Å². The maximum Gasteiger partial charge on any atom is 0.124 e. The molecule has 0 bridgehead atoms. The van der Waals surface area contributed by atoms with Crippen LogP contribution < -0.4 is 10.1 Å². The molecule has 2 N–H and O–H groups in total. The molecule has 0 spiro atoms. The number of aromatic amines is 1. The van der Waals surface area contributed by atoms with Gasteiger partial charge in [0.25, 0.3) is 0 Å². The lowest BCUT2D eigenvalue weighted by Gasteiger charge is -2.28. The van der Waals surface area contributed by atoms with Crippen molar-refractivity contribution < 1.29 is 9.13 Å². The number of hydrogen-bond acceptors (Lipinski definition) is 3. The molecule has 4 rings (SSSR count). The first-order valence-electron chi connectivity index (χ1n) is 7.99. The van der Waals surface area contributed by atoms with Crippen molar-refractivity contribution in [2.75, 3.05) is 6.61 Å². The number of rotatable bonds is 2. The Balaban J connectivity index is 1.55. The average molecular weight is 301 g/mol.